The van der Waals surface area contributed by atoms with E-state index in [1.807, 2.05) is 24.4 Å². The Kier molecular flexibility index (Phi) is 6.31. The fraction of sp³-hybridized carbons (Fsp3) is 0.111. The number of carbonyl (C=O) groups is 2. The van der Waals surface area contributed by atoms with Crippen molar-refractivity contribution in [1.29, 1.82) is 5.26 Å². The van der Waals surface area contributed by atoms with E-state index in [-0.39, 0.29) is 23.4 Å². The van der Waals surface area contributed by atoms with Crippen molar-refractivity contribution in [2.45, 2.75) is 11.7 Å². The van der Waals surface area contributed by atoms with Crippen LogP contribution in [0.2, 0.25) is 0 Å². The first kappa shape index (κ1) is 19.6. The average molecular weight is 508 g/mol. The minimum atomic E-state index is -0.656. The molecule has 1 fully saturated rings. The largest absolute Gasteiger partial charge is 0.274 e. The van der Waals surface area contributed by atoms with E-state index in [2.05, 4.69) is 42.2 Å². The lowest BCUT2D eigenvalue weighted by molar-refractivity contribution is -0.121. The van der Waals surface area contributed by atoms with Crippen molar-refractivity contribution < 1.29 is 9.59 Å². The lowest BCUT2D eigenvalue weighted by Crippen LogP contribution is -2.32. The summed E-state index contributed by atoms with van der Waals surface area (Å²) in [4.78, 5) is 30.8. The van der Waals surface area contributed by atoms with E-state index in [1.165, 1.54) is 4.90 Å². The van der Waals surface area contributed by atoms with Crippen molar-refractivity contribution in [2.24, 2.45) is 4.99 Å². The van der Waals surface area contributed by atoms with E-state index < -0.39 is 5.25 Å². The number of thioether (sulfide) groups is 1. The Labute approximate surface area is 176 Å². The molecule has 0 radical (unpaired) electrons. The molecular formula is C18H12Br2N4O2S. The van der Waals surface area contributed by atoms with Crippen LogP contribution in [0.25, 0.3) is 0 Å². The third-order valence-electron chi connectivity index (χ3n) is 3.66. The summed E-state index contributed by atoms with van der Waals surface area (Å²) in [7, 11) is 0. The molecular weight excluding hydrogens is 496 g/mol. The molecule has 0 aromatic heterocycles. The Balaban J connectivity index is 1.83. The predicted octanol–water partition coefficient (Wildman–Crippen LogP) is 4.34. The monoisotopic (exact) mass is 506 g/mol. The first-order valence-corrected chi connectivity index (χ1v) is 10.2. The van der Waals surface area contributed by atoms with Crippen LogP contribution in [0.3, 0.4) is 0 Å². The number of para-hydroxylation sites is 1. The number of nitriles is 1. The number of hydrogen-bond donors (Lipinski definition) is 1. The molecule has 0 saturated carbocycles. The number of amidine groups is 1. The van der Waals surface area contributed by atoms with Crippen molar-refractivity contribution in [1.82, 2.24) is 5.32 Å². The van der Waals surface area contributed by atoms with E-state index in [1.54, 1.807) is 30.3 Å². The highest BCUT2D eigenvalue weighted by Gasteiger charge is 2.41. The van der Waals surface area contributed by atoms with Crippen molar-refractivity contribution in [2.75, 3.05) is 4.90 Å². The predicted molar refractivity (Wildman–Crippen MR) is 113 cm³/mol. The maximum Gasteiger partial charge on any atom is 0.247 e. The van der Waals surface area contributed by atoms with E-state index in [0.717, 1.165) is 16.2 Å². The zero-order chi connectivity index (χ0) is 19.4. The standard InChI is InChI=1S/C18H12Br2N4O2S/c19-11-6-7-14(13(20)8-11)24-16(25)9-15(17(24)26)27-18(22-10-21)23-12-4-2-1-3-5-12/h1-8,15H,9H2,(H,22,23)/t15-/m1/s1. The van der Waals surface area contributed by atoms with Crippen LogP contribution < -0.4 is 10.2 Å². The minimum Gasteiger partial charge on any atom is -0.274 e. The Morgan fingerprint density at radius 2 is 1.96 bits per heavy atom. The van der Waals surface area contributed by atoms with Gasteiger partial charge in [0.05, 0.1) is 11.4 Å². The van der Waals surface area contributed by atoms with Crippen LogP contribution >= 0.6 is 43.6 Å². The van der Waals surface area contributed by atoms with E-state index in [9.17, 15) is 9.59 Å². The van der Waals surface area contributed by atoms with Crippen molar-refractivity contribution in [3.8, 4) is 6.19 Å². The first-order chi connectivity index (χ1) is 13.0. The molecule has 1 saturated heterocycles. The summed E-state index contributed by atoms with van der Waals surface area (Å²) in [6, 6.07) is 14.3. The normalized spacial score (nSPS) is 17.1. The van der Waals surface area contributed by atoms with Crippen LogP contribution in [0.15, 0.2) is 62.5 Å². The van der Waals surface area contributed by atoms with Gasteiger partial charge in [0, 0.05) is 15.4 Å². The lowest BCUT2D eigenvalue weighted by atomic mass is 10.3. The molecule has 136 valence electrons. The second-order valence-corrected chi connectivity index (χ2v) is 8.42. The summed E-state index contributed by atoms with van der Waals surface area (Å²) in [6.45, 7) is 0. The summed E-state index contributed by atoms with van der Waals surface area (Å²) < 4.78 is 1.47. The van der Waals surface area contributed by atoms with Gasteiger partial charge in [-0.05, 0) is 46.3 Å². The smallest absolute Gasteiger partial charge is 0.247 e. The van der Waals surface area contributed by atoms with E-state index >= 15 is 0 Å². The van der Waals surface area contributed by atoms with Gasteiger partial charge in [-0.2, -0.15) is 5.26 Å². The zero-order valence-electron chi connectivity index (χ0n) is 13.7. The van der Waals surface area contributed by atoms with Crippen LogP contribution in [0.1, 0.15) is 6.42 Å². The highest BCUT2D eigenvalue weighted by Crippen LogP contribution is 2.35. The maximum absolute atomic E-state index is 12.8. The molecule has 2 aromatic rings. The lowest BCUT2D eigenvalue weighted by Gasteiger charge is -2.17. The average Bonchev–Trinajstić information content (AvgIpc) is 2.90. The molecule has 6 nitrogen and oxygen atoms in total. The Bertz CT molecular complexity index is 960. The Morgan fingerprint density at radius 3 is 2.63 bits per heavy atom. The van der Waals surface area contributed by atoms with Crippen LogP contribution in [-0.4, -0.2) is 22.2 Å². The van der Waals surface area contributed by atoms with Gasteiger partial charge >= 0.3 is 0 Å². The molecule has 1 aliphatic rings. The molecule has 2 aromatic carbocycles. The van der Waals surface area contributed by atoms with Crippen molar-refractivity contribution in [3.63, 3.8) is 0 Å². The number of halogens is 2. The number of amides is 2. The first-order valence-electron chi connectivity index (χ1n) is 7.77. The molecule has 3 rings (SSSR count). The van der Waals surface area contributed by atoms with Gasteiger partial charge in [0.1, 0.15) is 5.25 Å². The Hall–Kier alpha value is -2.15. The van der Waals surface area contributed by atoms with Gasteiger partial charge in [-0.25, -0.2) is 9.89 Å². The number of rotatable bonds is 3. The van der Waals surface area contributed by atoms with Crippen molar-refractivity contribution >= 4 is 72.0 Å². The fourth-order valence-electron chi connectivity index (χ4n) is 2.50. The molecule has 1 heterocycles. The quantitative estimate of drug-likeness (QED) is 0.219. The second kappa shape index (κ2) is 8.69. The number of aliphatic imine (C=N–C) groups is 1. The highest BCUT2D eigenvalue weighted by atomic mass is 79.9. The molecule has 0 bridgehead atoms. The SMILES string of the molecule is N#CNC(=Nc1ccccc1)S[C@@H]1CC(=O)N(c2ccc(Br)cc2Br)C1=O. The molecule has 1 aliphatic heterocycles. The number of nitrogens with one attached hydrogen (secondary N) is 1. The number of carbonyl (C=O) groups excluding carboxylic acids is 2. The van der Waals surface area contributed by atoms with Gasteiger partial charge in [-0.3, -0.25) is 14.9 Å². The number of nitrogens with zero attached hydrogens (tertiary/aromatic N) is 3. The highest BCUT2D eigenvalue weighted by molar-refractivity contribution is 9.11. The van der Waals surface area contributed by atoms with Crippen LogP contribution in [0.4, 0.5) is 11.4 Å². The summed E-state index contributed by atoms with van der Waals surface area (Å²) in [6.07, 6.45) is 1.86. The third-order valence-corrected chi connectivity index (χ3v) is 5.86. The summed E-state index contributed by atoms with van der Waals surface area (Å²) >= 11 is 7.81. The number of benzene rings is 2. The minimum absolute atomic E-state index is 0.0346. The van der Waals surface area contributed by atoms with Gasteiger partial charge in [0.15, 0.2) is 11.4 Å². The number of anilines is 1. The number of hydrogen-bond acceptors (Lipinski definition) is 5. The molecule has 0 spiro atoms. The Morgan fingerprint density at radius 1 is 1.22 bits per heavy atom. The molecule has 2 amide bonds. The van der Waals surface area contributed by atoms with Crippen LogP contribution in [-0.2, 0) is 9.59 Å². The fourth-order valence-corrected chi connectivity index (χ4v) is 4.69. The van der Waals surface area contributed by atoms with Gasteiger partial charge in [0.25, 0.3) is 0 Å². The molecule has 1 atom stereocenters. The topological polar surface area (TPSA) is 85.6 Å². The van der Waals surface area contributed by atoms with Gasteiger partial charge in [-0.15, -0.1) is 0 Å². The van der Waals surface area contributed by atoms with Gasteiger partial charge < -0.3 is 0 Å². The number of imide groups is 1. The zero-order valence-corrected chi connectivity index (χ0v) is 17.7. The molecule has 0 unspecified atom stereocenters. The molecule has 1 N–H and O–H groups in total. The molecule has 9 heteroatoms. The van der Waals surface area contributed by atoms with Crippen LogP contribution in [0.5, 0.6) is 0 Å². The second-order valence-electron chi connectivity index (χ2n) is 5.46. The van der Waals surface area contributed by atoms with Crippen molar-refractivity contribution in [3.05, 3.63) is 57.5 Å². The maximum atomic E-state index is 12.8. The van der Waals surface area contributed by atoms with E-state index in [0.29, 0.717) is 15.8 Å². The summed E-state index contributed by atoms with van der Waals surface area (Å²) in [5, 5.41) is 11.1. The summed E-state index contributed by atoms with van der Waals surface area (Å²) in [5.41, 5.74) is 1.14. The van der Waals surface area contributed by atoms with Gasteiger partial charge in [0.2, 0.25) is 11.8 Å². The van der Waals surface area contributed by atoms with Crippen LogP contribution in [0, 0.1) is 11.5 Å². The summed E-state index contributed by atoms with van der Waals surface area (Å²) in [5.74, 6) is -0.634. The third kappa shape index (κ3) is 4.58. The molecule has 0 aliphatic carbocycles. The van der Waals surface area contributed by atoms with E-state index in [4.69, 9.17) is 5.26 Å². The molecule has 27 heavy (non-hydrogen) atoms. The van der Waals surface area contributed by atoms with Gasteiger partial charge in [-0.1, -0.05) is 45.9 Å².